The molecule has 1 unspecified atom stereocenters. The monoisotopic (exact) mass is 498 g/mol. The predicted molar refractivity (Wildman–Crippen MR) is 130 cm³/mol. The number of ether oxygens (including phenoxy) is 1. The third-order valence-electron chi connectivity index (χ3n) is 11.5. The highest BCUT2D eigenvalue weighted by molar-refractivity contribution is 5.74. The molecular weight excluding hydrogens is 451 g/mol. The van der Waals surface area contributed by atoms with Crippen molar-refractivity contribution in [3.63, 3.8) is 0 Å². The van der Waals surface area contributed by atoms with E-state index in [0.717, 1.165) is 25.7 Å². The summed E-state index contributed by atoms with van der Waals surface area (Å²) >= 11 is 0. The lowest BCUT2D eigenvalue weighted by atomic mass is 9.48. The summed E-state index contributed by atoms with van der Waals surface area (Å²) in [5.74, 6) is -0.668. The number of cyclic esters (lactones) is 1. The van der Waals surface area contributed by atoms with Gasteiger partial charge in [0.25, 0.3) is 0 Å². The molecule has 1 aliphatic heterocycles. The van der Waals surface area contributed by atoms with E-state index in [1.54, 1.807) is 6.92 Å². The fourth-order valence-electron chi connectivity index (χ4n) is 8.94. The Morgan fingerprint density at radius 3 is 2.26 bits per heavy atom. The number of fused-ring (bicyclic) bond motifs is 5. The van der Waals surface area contributed by atoms with Gasteiger partial charge < -0.3 is 25.2 Å². The van der Waals surface area contributed by atoms with E-state index in [1.165, 1.54) is 13.8 Å². The first-order valence-electron chi connectivity index (χ1n) is 13.7. The molecule has 0 amide bonds. The molecule has 4 N–H and O–H groups in total. The Morgan fingerprint density at radius 1 is 1.00 bits per heavy atom. The predicted octanol–water partition coefficient (Wildman–Crippen LogP) is 3.48. The molecule has 0 aromatic carbocycles. The Balaban J connectivity index is 1.57. The van der Waals surface area contributed by atoms with Crippen molar-refractivity contribution in [2.24, 2.45) is 52.3 Å². The summed E-state index contributed by atoms with van der Waals surface area (Å²) in [7, 11) is 0. The topological polar surface area (TPSA) is 107 Å². The number of halogens is 1. The lowest BCUT2D eigenvalue weighted by Crippen LogP contribution is -2.55. The molecule has 0 radical (unpaired) electrons. The van der Waals surface area contributed by atoms with Crippen molar-refractivity contribution in [3.05, 3.63) is 0 Å². The van der Waals surface area contributed by atoms with Crippen LogP contribution in [0.1, 0.15) is 80.1 Å². The van der Waals surface area contributed by atoms with E-state index in [0.29, 0.717) is 18.9 Å². The molecule has 202 valence electrons. The van der Waals surface area contributed by atoms with Crippen LogP contribution >= 0.6 is 0 Å². The van der Waals surface area contributed by atoms with Crippen LogP contribution in [0.2, 0.25) is 0 Å². The Hall–Kier alpha value is -0.760. The summed E-state index contributed by atoms with van der Waals surface area (Å²) in [5.41, 5.74) is -2.08. The number of alkyl halides is 1. The van der Waals surface area contributed by atoms with E-state index in [-0.39, 0.29) is 41.5 Å². The number of aliphatic hydroxyl groups excluding tert-OH is 4. The molecule has 7 heteroatoms. The standard InChI is InChI=1S/C28H47FO6/c1-14(23(32)24(33)15(2)26(3,4)29)17-7-8-18-16-13-35-25(34)20-11-21(30)22(31)12-28(20,6)19(16)9-10-27(17,18)5/h14-24,30-33H,7-13H2,1-6H3/t14-,15+,16-,17+,18-,19-,20?,21-,22+,23+,24+,27+,28+/m0/s1. The van der Waals surface area contributed by atoms with Crippen molar-refractivity contribution in [3.8, 4) is 0 Å². The molecule has 6 nitrogen and oxygen atoms in total. The Labute approximate surface area is 209 Å². The highest BCUT2D eigenvalue weighted by Gasteiger charge is 2.63. The summed E-state index contributed by atoms with van der Waals surface area (Å²) < 4.78 is 20.3. The van der Waals surface area contributed by atoms with Gasteiger partial charge in [-0.25, -0.2) is 4.39 Å². The fraction of sp³-hybridized carbons (Fsp3) is 0.964. The molecule has 1 heterocycles. The molecule has 35 heavy (non-hydrogen) atoms. The quantitative estimate of drug-likeness (QED) is 0.433. The van der Waals surface area contributed by atoms with Crippen molar-refractivity contribution in [1.82, 2.24) is 0 Å². The van der Waals surface area contributed by atoms with Crippen LogP contribution in [-0.4, -0.2) is 63.1 Å². The number of carbonyl (C=O) groups is 1. The number of carbonyl (C=O) groups excluding carboxylic acids is 1. The maximum atomic E-state index is 14.5. The normalized spacial score (nSPS) is 47.4. The third kappa shape index (κ3) is 4.36. The van der Waals surface area contributed by atoms with Gasteiger partial charge >= 0.3 is 5.97 Å². The van der Waals surface area contributed by atoms with Gasteiger partial charge in [0.15, 0.2) is 0 Å². The zero-order chi connectivity index (χ0) is 26.1. The summed E-state index contributed by atoms with van der Waals surface area (Å²) in [6.45, 7) is 11.3. The van der Waals surface area contributed by atoms with Gasteiger partial charge in [0, 0.05) is 5.92 Å². The van der Waals surface area contributed by atoms with Gasteiger partial charge in [-0.2, -0.15) is 0 Å². The maximum absolute atomic E-state index is 14.5. The van der Waals surface area contributed by atoms with Crippen LogP contribution in [0, 0.1) is 52.3 Å². The van der Waals surface area contributed by atoms with Crippen LogP contribution in [0.25, 0.3) is 0 Å². The minimum absolute atomic E-state index is 0.0782. The van der Waals surface area contributed by atoms with Crippen LogP contribution in [0.3, 0.4) is 0 Å². The Kier molecular flexibility index (Phi) is 7.18. The summed E-state index contributed by atoms with van der Waals surface area (Å²) in [6.07, 6.45) is 0.490. The number of aliphatic hydroxyl groups is 4. The van der Waals surface area contributed by atoms with Gasteiger partial charge in [-0.3, -0.25) is 4.79 Å². The van der Waals surface area contributed by atoms with E-state index in [4.69, 9.17) is 4.74 Å². The van der Waals surface area contributed by atoms with Crippen molar-refractivity contribution in [2.75, 3.05) is 6.61 Å². The Bertz CT molecular complexity index is 799. The average Bonchev–Trinajstić information content (AvgIpc) is 3.09. The summed E-state index contributed by atoms with van der Waals surface area (Å²) in [4.78, 5) is 13.0. The van der Waals surface area contributed by atoms with E-state index in [9.17, 15) is 29.6 Å². The maximum Gasteiger partial charge on any atom is 0.309 e. The van der Waals surface area contributed by atoms with Gasteiger partial charge in [-0.1, -0.05) is 27.7 Å². The number of hydrogen-bond acceptors (Lipinski definition) is 6. The molecule has 4 rings (SSSR count). The van der Waals surface area contributed by atoms with Crippen LogP contribution in [-0.2, 0) is 9.53 Å². The first kappa shape index (κ1) is 27.3. The molecule has 0 bridgehead atoms. The van der Waals surface area contributed by atoms with E-state index >= 15 is 0 Å². The van der Waals surface area contributed by atoms with Gasteiger partial charge in [-0.05, 0) is 92.8 Å². The van der Waals surface area contributed by atoms with Crippen molar-refractivity contribution in [2.45, 2.75) is 110 Å². The van der Waals surface area contributed by atoms with Gasteiger partial charge in [-0.15, -0.1) is 0 Å². The van der Waals surface area contributed by atoms with Crippen molar-refractivity contribution >= 4 is 5.97 Å². The molecule has 0 aromatic rings. The van der Waals surface area contributed by atoms with Crippen LogP contribution in [0.5, 0.6) is 0 Å². The zero-order valence-electron chi connectivity index (χ0n) is 22.3. The smallest absolute Gasteiger partial charge is 0.309 e. The number of hydrogen-bond donors (Lipinski definition) is 4. The molecule has 4 fully saturated rings. The second-order valence-electron chi connectivity index (χ2n) is 13.6. The number of rotatable bonds is 5. The van der Waals surface area contributed by atoms with Crippen LogP contribution in [0.4, 0.5) is 4.39 Å². The first-order valence-corrected chi connectivity index (χ1v) is 13.7. The van der Waals surface area contributed by atoms with Crippen molar-refractivity contribution < 1.29 is 34.3 Å². The highest BCUT2D eigenvalue weighted by Crippen LogP contribution is 2.66. The molecule has 1 saturated heterocycles. The van der Waals surface area contributed by atoms with Crippen LogP contribution in [0.15, 0.2) is 0 Å². The summed E-state index contributed by atoms with van der Waals surface area (Å²) in [5, 5.41) is 42.7. The largest absolute Gasteiger partial charge is 0.465 e. The van der Waals surface area contributed by atoms with E-state index in [2.05, 4.69) is 13.8 Å². The van der Waals surface area contributed by atoms with E-state index < -0.39 is 47.3 Å². The number of esters is 1. The van der Waals surface area contributed by atoms with Gasteiger partial charge in [0.05, 0.1) is 36.9 Å². The molecule has 3 saturated carbocycles. The first-order chi connectivity index (χ1) is 16.1. The molecular formula is C28H47FO6. The van der Waals surface area contributed by atoms with Gasteiger partial charge in [0.2, 0.25) is 0 Å². The van der Waals surface area contributed by atoms with Gasteiger partial charge in [0.1, 0.15) is 5.67 Å². The second kappa shape index (κ2) is 9.21. The molecule has 0 spiro atoms. The lowest BCUT2D eigenvalue weighted by molar-refractivity contribution is -0.162. The molecule has 3 aliphatic carbocycles. The molecule has 0 aromatic heterocycles. The van der Waals surface area contributed by atoms with Crippen LogP contribution < -0.4 is 0 Å². The third-order valence-corrected chi connectivity index (χ3v) is 11.5. The average molecular weight is 499 g/mol. The fourth-order valence-corrected chi connectivity index (χ4v) is 8.94. The van der Waals surface area contributed by atoms with E-state index in [1.807, 2.05) is 6.92 Å². The zero-order valence-corrected chi connectivity index (χ0v) is 22.3. The highest BCUT2D eigenvalue weighted by atomic mass is 19.1. The molecule has 4 aliphatic rings. The second-order valence-corrected chi connectivity index (χ2v) is 13.6. The van der Waals surface area contributed by atoms with Crippen molar-refractivity contribution in [1.29, 1.82) is 0 Å². The molecule has 13 atom stereocenters. The summed E-state index contributed by atoms with van der Waals surface area (Å²) in [6, 6.07) is 0. The SMILES string of the molecule is C[C@H]([C@@H](O)[C@H](O)[C@@H](C)C(C)(C)F)[C@H]1CC[C@H]2[C@@H]3COC(=O)C4C[C@H](O)[C@H](O)C[C@]4(C)[C@H]3CC[C@]12C. The Morgan fingerprint density at radius 2 is 1.63 bits per heavy atom. The minimum Gasteiger partial charge on any atom is -0.465 e. The lowest BCUT2D eigenvalue weighted by Gasteiger charge is -2.56. The minimum atomic E-state index is -1.59.